The number of halogens is 1. The Balaban J connectivity index is 2.07. The molecule has 2 N–H and O–H groups in total. The predicted octanol–water partition coefficient (Wildman–Crippen LogP) is 3.28. The van der Waals surface area contributed by atoms with E-state index in [2.05, 4.69) is 6.92 Å². The van der Waals surface area contributed by atoms with Gasteiger partial charge in [-0.2, -0.15) is 0 Å². The van der Waals surface area contributed by atoms with Crippen molar-refractivity contribution in [2.75, 3.05) is 6.54 Å². The van der Waals surface area contributed by atoms with Crippen LogP contribution in [-0.4, -0.2) is 12.6 Å². The number of benzene rings is 1. The van der Waals surface area contributed by atoms with Gasteiger partial charge < -0.3 is 10.5 Å². The first-order chi connectivity index (χ1) is 8.70. The van der Waals surface area contributed by atoms with Crippen molar-refractivity contribution in [3.63, 3.8) is 0 Å². The van der Waals surface area contributed by atoms with Crippen LogP contribution in [0.4, 0.5) is 4.39 Å². The molecule has 1 aliphatic rings. The van der Waals surface area contributed by atoms with E-state index in [1.807, 2.05) is 6.07 Å². The quantitative estimate of drug-likeness (QED) is 0.891. The molecule has 0 atom stereocenters. The molecule has 0 radical (unpaired) electrons. The molecule has 3 heteroatoms. The number of rotatable bonds is 4. The second-order valence-electron chi connectivity index (χ2n) is 5.27. The van der Waals surface area contributed by atoms with Gasteiger partial charge in [-0.3, -0.25) is 0 Å². The zero-order chi connectivity index (χ0) is 13.0. The van der Waals surface area contributed by atoms with Crippen molar-refractivity contribution in [1.29, 1.82) is 0 Å². The van der Waals surface area contributed by atoms with E-state index in [1.165, 1.54) is 18.9 Å². The molecule has 0 aliphatic heterocycles. The molecule has 2 rings (SSSR count). The lowest BCUT2D eigenvalue weighted by Gasteiger charge is -2.27. The summed E-state index contributed by atoms with van der Waals surface area (Å²) in [4.78, 5) is 0. The summed E-state index contributed by atoms with van der Waals surface area (Å²) in [5, 5.41) is 0. The Kier molecular flexibility index (Phi) is 4.59. The fraction of sp³-hybridized carbons (Fsp3) is 0.600. The normalized spacial score (nSPS) is 23.9. The van der Waals surface area contributed by atoms with E-state index in [-0.39, 0.29) is 11.9 Å². The van der Waals surface area contributed by atoms with Crippen LogP contribution >= 0.6 is 0 Å². The summed E-state index contributed by atoms with van der Waals surface area (Å²) < 4.78 is 19.7. The first-order valence-corrected chi connectivity index (χ1v) is 6.84. The lowest BCUT2D eigenvalue weighted by atomic mass is 9.89. The van der Waals surface area contributed by atoms with Gasteiger partial charge in [0.2, 0.25) is 0 Å². The Morgan fingerprint density at radius 3 is 2.67 bits per heavy atom. The van der Waals surface area contributed by atoms with Gasteiger partial charge in [-0.25, -0.2) is 4.39 Å². The summed E-state index contributed by atoms with van der Waals surface area (Å²) in [6.45, 7) is 2.78. The van der Waals surface area contributed by atoms with Gasteiger partial charge in [0.25, 0.3) is 0 Å². The van der Waals surface area contributed by atoms with Crippen LogP contribution in [0.3, 0.4) is 0 Å². The second-order valence-corrected chi connectivity index (χ2v) is 5.27. The molecule has 0 saturated heterocycles. The fourth-order valence-corrected chi connectivity index (χ4v) is 2.55. The highest BCUT2D eigenvalue weighted by molar-refractivity contribution is 5.35. The smallest absolute Gasteiger partial charge is 0.165 e. The lowest BCUT2D eigenvalue weighted by molar-refractivity contribution is 0.129. The summed E-state index contributed by atoms with van der Waals surface area (Å²) in [7, 11) is 0. The third kappa shape index (κ3) is 3.22. The Morgan fingerprint density at radius 2 is 2.00 bits per heavy atom. The molecular weight excluding hydrogens is 229 g/mol. The summed E-state index contributed by atoms with van der Waals surface area (Å²) in [6.07, 6.45) is 5.22. The van der Waals surface area contributed by atoms with Crippen molar-refractivity contribution < 1.29 is 9.13 Å². The van der Waals surface area contributed by atoms with Crippen molar-refractivity contribution in [3.8, 4) is 5.75 Å². The molecule has 0 aromatic heterocycles. The molecule has 1 fully saturated rings. The van der Waals surface area contributed by atoms with E-state index < -0.39 is 0 Å². The van der Waals surface area contributed by atoms with Gasteiger partial charge in [-0.05, 0) is 56.2 Å². The molecule has 1 aromatic carbocycles. The molecule has 18 heavy (non-hydrogen) atoms. The zero-order valence-corrected chi connectivity index (χ0v) is 11.0. The van der Waals surface area contributed by atoms with Gasteiger partial charge in [-0.1, -0.05) is 19.1 Å². The minimum absolute atomic E-state index is 0.162. The maximum Gasteiger partial charge on any atom is 0.165 e. The molecule has 0 spiro atoms. The Morgan fingerprint density at radius 1 is 1.28 bits per heavy atom. The van der Waals surface area contributed by atoms with E-state index in [9.17, 15) is 4.39 Å². The number of hydrogen-bond donors (Lipinski definition) is 1. The highest BCUT2D eigenvalue weighted by Crippen LogP contribution is 2.30. The van der Waals surface area contributed by atoms with Crippen molar-refractivity contribution in [2.24, 2.45) is 11.7 Å². The maximum atomic E-state index is 13.8. The molecule has 2 nitrogen and oxygen atoms in total. The predicted molar refractivity (Wildman–Crippen MR) is 71.2 cm³/mol. The highest BCUT2D eigenvalue weighted by Gasteiger charge is 2.21. The van der Waals surface area contributed by atoms with Crippen LogP contribution in [0.2, 0.25) is 0 Å². The summed E-state index contributed by atoms with van der Waals surface area (Å²) in [5.41, 5.74) is 6.44. The van der Waals surface area contributed by atoms with E-state index in [0.717, 1.165) is 24.3 Å². The van der Waals surface area contributed by atoms with Crippen LogP contribution in [0.5, 0.6) is 5.75 Å². The maximum absolute atomic E-state index is 13.8. The van der Waals surface area contributed by atoms with Gasteiger partial charge >= 0.3 is 0 Å². The molecule has 1 aromatic rings. The molecule has 0 amide bonds. The number of ether oxygens (including phenoxy) is 1. The van der Waals surface area contributed by atoms with E-state index in [1.54, 1.807) is 6.07 Å². The third-order valence-electron chi connectivity index (χ3n) is 3.71. The second kappa shape index (κ2) is 6.19. The van der Waals surface area contributed by atoms with Gasteiger partial charge in [-0.15, -0.1) is 0 Å². The average Bonchev–Trinajstić information content (AvgIpc) is 2.36. The average molecular weight is 251 g/mol. The number of hydrogen-bond acceptors (Lipinski definition) is 2. The topological polar surface area (TPSA) is 35.2 Å². The summed E-state index contributed by atoms with van der Waals surface area (Å²) in [5.74, 6) is 0.927. The van der Waals surface area contributed by atoms with Crippen molar-refractivity contribution >= 4 is 0 Å². The fourth-order valence-electron chi connectivity index (χ4n) is 2.55. The van der Waals surface area contributed by atoms with Crippen LogP contribution in [-0.2, 0) is 6.42 Å². The summed E-state index contributed by atoms with van der Waals surface area (Å²) in [6, 6.07) is 5.08. The minimum Gasteiger partial charge on any atom is -0.487 e. The largest absolute Gasteiger partial charge is 0.487 e. The van der Waals surface area contributed by atoms with Crippen LogP contribution in [0, 0.1) is 11.7 Å². The molecule has 0 bridgehead atoms. The molecule has 0 heterocycles. The van der Waals surface area contributed by atoms with Crippen LogP contribution < -0.4 is 10.5 Å². The minimum atomic E-state index is -0.264. The number of nitrogens with two attached hydrogens (primary N) is 1. The van der Waals surface area contributed by atoms with Crippen molar-refractivity contribution in [2.45, 2.75) is 45.1 Å². The SMILES string of the molecule is CC1CCC(Oc2c(F)cccc2CCN)CC1. The van der Waals surface area contributed by atoms with Gasteiger partial charge in [0.05, 0.1) is 6.10 Å². The van der Waals surface area contributed by atoms with E-state index in [4.69, 9.17) is 10.5 Å². The van der Waals surface area contributed by atoms with Gasteiger partial charge in [0.15, 0.2) is 11.6 Å². The van der Waals surface area contributed by atoms with Gasteiger partial charge in [0, 0.05) is 0 Å². The molecule has 1 aliphatic carbocycles. The Hall–Kier alpha value is -1.09. The van der Waals surface area contributed by atoms with Crippen LogP contribution in [0.15, 0.2) is 18.2 Å². The van der Waals surface area contributed by atoms with Crippen molar-refractivity contribution in [1.82, 2.24) is 0 Å². The first kappa shape index (κ1) is 13.3. The zero-order valence-electron chi connectivity index (χ0n) is 11.0. The number of para-hydroxylation sites is 1. The molecule has 100 valence electrons. The van der Waals surface area contributed by atoms with Crippen molar-refractivity contribution in [3.05, 3.63) is 29.6 Å². The van der Waals surface area contributed by atoms with Crippen LogP contribution in [0.25, 0.3) is 0 Å². The Bertz CT molecular complexity index is 386. The van der Waals surface area contributed by atoms with E-state index >= 15 is 0 Å². The lowest BCUT2D eigenvalue weighted by Crippen LogP contribution is -2.24. The monoisotopic (exact) mass is 251 g/mol. The van der Waals surface area contributed by atoms with E-state index in [0.29, 0.717) is 18.7 Å². The standard InChI is InChI=1S/C15H22FNO/c1-11-5-7-13(8-6-11)18-15-12(9-10-17)3-2-4-14(15)16/h2-4,11,13H,5-10,17H2,1H3. The third-order valence-corrected chi connectivity index (χ3v) is 3.71. The molecule has 0 unspecified atom stereocenters. The molecule has 1 saturated carbocycles. The van der Waals surface area contributed by atoms with Gasteiger partial charge in [0.1, 0.15) is 0 Å². The highest BCUT2D eigenvalue weighted by atomic mass is 19.1. The Labute approximate surface area is 108 Å². The molecular formula is C15H22FNO. The summed E-state index contributed by atoms with van der Waals surface area (Å²) >= 11 is 0. The first-order valence-electron chi connectivity index (χ1n) is 6.84. The van der Waals surface area contributed by atoms with Crippen LogP contribution in [0.1, 0.15) is 38.2 Å².